The number of nitrogens with zero attached hydrogens (tertiary/aromatic N) is 3. The molecule has 4 N–H and O–H groups in total. The molecule has 0 bridgehead atoms. The maximum atomic E-state index is 11.4. The van der Waals surface area contributed by atoms with Crippen molar-refractivity contribution >= 4 is 17.6 Å². The molecule has 0 aromatic carbocycles. The molecule has 0 fully saturated rings. The zero-order valence-corrected chi connectivity index (χ0v) is 11.2. The molecule has 0 aliphatic heterocycles. The minimum absolute atomic E-state index is 0.0638. The van der Waals surface area contributed by atoms with Gasteiger partial charge in [-0.15, -0.1) is 5.10 Å². The lowest BCUT2D eigenvalue weighted by Crippen LogP contribution is -2.16. The van der Waals surface area contributed by atoms with Gasteiger partial charge in [0.25, 0.3) is 0 Å². The Morgan fingerprint density at radius 1 is 1.63 bits per heavy atom. The lowest BCUT2D eigenvalue weighted by molar-refractivity contribution is 0.660. The van der Waals surface area contributed by atoms with E-state index in [0.717, 1.165) is 5.56 Å². The second-order valence-electron chi connectivity index (χ2n) is 3.77. The first-order chi connectivity index (χ1) is 9.13. The molecule has 0 spiro atoms. The molecule has 0 radical (unpaired) electrons. The van der Waals surface area contributed by atoms with Gasteiger partial charge in [0.2, 0.25) is 0 Å². The summed E-state index contributed by atoms with van der Waals surface area (Å²) in [4.78, 5) is 15.5. The van der Waals surface area contributed by atoms with Crippen LogP contribution < -0.4 is 11.4 Å². The highest BCUT2D eigenvalue weighted by atomic mass is 32.2. The van der Waals surface area contributed by atoms with E-state index in [1.165, 1.54) is 11.8 Å². The maximum absolute atomic E-state index is 11.4. The second kappa shape index (κ2) is 5.70. The molecule has 0 aliphatic carbocycles. The Morgan fingerprint density at radius 2 is 2.42 bits per heavy atom. The van der Waals surface area contributed by atoms with E-state index in [1.54, 1.807) is 16.8 Å². The zero-order valence-electron chi connectivity index (χ0n) is 10.4. The Kier molecular flexibility index (Phi) is 4.00. The van der Waals surface area contributed by atoms with Crippen molar-refractivity contribution in [2.45, 2.75) is 24.4 Å². The van der Waals surface area contributed by atoms with Crippen LogP contribution in [-0.4, -0.2) is 25.6 Å². The van der Waals surface area contributed by atoms with Crippen LogP contribution >= 0.6 is 11.8 Å². The molecule has 0 saturated carbocycles. The molecule has 0 amide bonds. The number of thioether (sulfide) groups is 1. The van der Waals surface area contributed by atoms with Gasteiger partial charge >= 0.3 is 5.69 Å². The van der Waals surface area contributed by atoms with E-state index in [1.807, 2.05) is 13.0 Å². The van der Waals surface area contributed by atoms with Gasteiger partial charge < -0.3 is 5.73 Å². The van der Waals surface area contributed by atoms with E-state index in [9.17, 15) is 4.79 Å². The molecule has 0 aliphatic rings. The molecule has 2 aromatic rings. The number of aromatic amines is 1. The van der Waals surface area contributed by atoms with Crippen molar-refractivity contribution in [2.24, 2.45) is 5.73 Å². The van der Waals surface area contributed by atoms with Crippen LogP contribution in [0.25, 0.3) is 0 Å². The van der Waals surface area contributed by atoms with Crippen LogP contribution in [0.2, 0.25) is 0 Å². The number of amidine groups is 1. The van der Waals surface area contributed by atoms with Gasteiger partial charge in [-0.05, 0) is 18.6 Å². The number of H-pyrrole nitrogens is 1. The van der Waals surface area contributed by atoms with E-state index in [-0.39, 0.29) is 11.5 Å². The van der Waals surface area contributed by atoms with Crippen LogP contribution in [0.1, 0.15) is 18.2 Å². The summed E-state index contributed by atoms with van der Waals surface area (Å²) in [5.41, 5.74) is 6.57. The van der Waals surface area contributed by atoms with E-state index >= 15 is 0 Å². The third kappa shape index (κ3) is 2.84. The number of nitrogen functional groups attached to an aromatic ring is 1. The zero-order chi connectivity index (χ0) is 13.8. The number of nitrogens with one attached hydrogen (secondary N) is 2. The highest BCUT2D eigenvalue weighted by molar-refractivity contribution is 7.98. The van der Waals surface area contributed by atoms with Crippen molar-refractivity contribution in [3.05, 3.63) is 40.1 Å². The van der Waals surface area contributed by atoms with Gasteiger partial charge in [-0.1, -0.05) is 17.8 Å². The number of nitrogens with two attached hydrogens (primary N) is 1. The largest absolute Gasteiger partial charge is 0.382 e. The lowest BCUT2D eigenvalue weighted by Gasteiger charge is -2.06. The Morgan fingerprint density at radius 3 is 3.11 bits per heavy atom. The van der Waals surface area contributed by atoms with Crippen LogP contribution in [0, 0.1) is 5.41 Å². The first-order valence-electron chi connectivity index (χ1n) is 5.69. The average Bonchev–Trinajstić information content (AvgIpc) is 2.77. The standard InChI is InChI=1S/C11H14N6OS/c1-2-17-10(18)15-16-11(17)19-6-7-4-3-5-14-8(7)9(12)13/h3-5H,2,6H2,1H3,(H3,12,13)(H,15,18). The number of rotatable bonds is 5. The molecule has 2 rings (SSSR count). The minimum atomic E-state index is -0.219. The Hall–Kier alpha value is -2.09. The van der Waals surface area contributed by atoms with Gasteiger partial charge in [0, 0.05) is 18.5 Å². The van der Waals surface area contributed by atoms with Crippen LogP contribution in [0.5, 0.6) is 0 Å². The highest BCUT2D eigenvalue weighted by Gasteiger charge is 2.10. The minimum Gasteiger partial charge on any atom is -0.382 e. The molecule has 7 nitrogen and oxygen atoms in total. The van der Waals surface area contributed by atoms with Crippen molar-refractivity contribution in [1.29, 1.82) is 5.41 Å². The topological polar surface area (TPSA) is 113 Å². The highest BCUT2D eigenvalue weighted by Crippen LogP contribution is 2.20. The number of hydrogen-bond donors (Lipinski definition) is 3. The third-order valence-corrected chi connectivity index (χ3v) is 3.57. The molecule has 2 aromatic heterocycles. The van der Waals surface area contributed by atoms with Crippen molar-refractivity contribution in [2.75, 3.05) is 0 Å². The molecule has 100 valence electrons. The van der Waals surface area contributed by atoms with Crippen LogP contribution in [0.3, 0.4) is 0 Å². The molecular weight excluding hydrogens is 264 g/mol. The molecular formula is C11H14N6OS. The quantitative estimate of drug-likeness (QED) is 0.420. The molecule has 0 atom stereocenters. The van der Waals surface area contributed by atoms with Crippen LogP contribution in [-0.2, 0) is 12.3 Å². The summed E-state index contributed by atoms with van der Waals surface area (Å²) in [5, 5.41) is 14.5. The van der Waals surface area contributed by atoms with Gasteiger partial charge in [-0.3, -0.25) is 15.0 Å². The SMILES string of the molecule is CCn1c(SCc2cccnc2C(=N)N)n[nH]c1=O. The fraction of sp³-hybridized carbons (Fsp3) is 0.273. The average molecular weight is 278 g/mol. The first kappa shape index (κ1) is 13.3. The summed E-state index contributed by atoms with van der Waals surface area (Å²) in [6, 6.07) is 3.65. The first-order valence-corrected chi connectivity index (χ1v) is 6.68. The molecule has 2 heterocycles. The van der Waals surface area contributed by atoms with E-state index in [0.29, 0.717) is 23.1 Å². The van der Waals surface area contributed by atoms with Crippen LogP contribution in [0.15, 0.2) is 28.3 Å². The summed E-state index contributed by atoms with van der Waals surface area (Å²) < 4.78 is 1.55. The third-order valence-electron chi connectivity index (χ3n) is 2.54. The van der Waals surface area contributed by atoms with Crippen molar-refractivity contribution in [3.63, 3.8) is 0 Å². The lowest BCUT2D eigenvalue weighted by atomic mass is 10.2. The monoisotopic (exact) mass is 278 g/mol. The van der Waals surface area contributed by atoms with Gasteiger partial charge in [-0.2, -0.15) is 0 Å². The van der Waals surface area contributed by atoms with Crippen LogP contribution in [0.4, 0.5) is 0 Å². The van der Waals surface area contributed by atoms with Crippen molar-refractivity contribution in [1.82, 2.24) is 19.7 Å². The number of pyridine rings is 1. The van der Waals surface area contributed by atoms with E-state index in [4.69, 9.17) is 11.1 Å². The predicted molar refractivity (Wildman–Crippen MR) is 73.3 cm³/mol. The fourth-order valence-electron chi connectivity index (χ4n) is 1.63. The van der Waals surface area contributed by atoms with Crippen molar-refractivity contribution in [3.8, 4) is 0 Å². The molecule has 8 heteroatoms. The Bertz CT molecular complexity index is 647. The Labute approximate surface area is 113 Å². The molecule has 0 unspecified atom stereocenters. The van der Waals surface area contributed by atoms with Gasteiger partial charge in [0.05, 0.1) is 0 Å². The van der Waals surface area contributed by atoms with Gasteiger partial charge in [-0.25, -0.2) is 9.89 Å². The van der Waals surface area contributed by atoms with E-state index in [2.05, 4.69) is 15.2 Å². The number of hydrogen-bond acceptors (Lipinski definition) is 5. The van der Waals surface area contributed by atoms with Gasteiger partial charge in [0.15, 0.2) is 5.16 Å². The fourth-order valence-corrected chi connectivity index (χ4v) is 2.63. The second-order valence-corrected chi connectivity index (χ2v) is 4.71. The van der Waals surface area contributed by atoms with Gasteiger partial charge in [0.1, 0.15) is 11.5 Å². The molecule has 0 saturated heterocycles. The smallest absolute Gasteiger partial charge is 0.343 e. The Balaban J connectivity index is 2.19. The summed E-state index contributed by atoms with van der Waals surface area (Å²) in [6.07, 6.45) is 1.60. The van der Waals surface area contributed by atoms with Crippen molar-refractivity contribution < 1.29 is 0 Å². The maximum Gasteiger partial charge on any atom is 0.343 e. The summed E-state index contributed by atoms with van der Waals surface area (Å²) in [7, 11) is 0. The van der Waals surface area contributed by atoms with E-state index < -0.39 is 0 Å². The summed E-state index contributed by atoms with van der Waals surface area (Å²) >= 11 is 1.41. The number of aromatic nitrogens is 4. The summed E-state index contributed by atoms with van der Waals surface area (Å²) in [6.45, 7) is 2.44. The normalized spacial score (nSPS) is 10.6. The molecule has 19 heavy (non-hydrogen) atoms. The predicted octanol–water partition coefficient (Wildman–Crippen LogP) is 0.563. The summed E-state index contributed by atoms with van der Waals surface area (Å²) in [5.74, 6) is 0.485.